The monoisotopic (exact) mass is 245 g/mol. The number of benzene rings is 1. The summed E-state index contributed by atoms with van der Waals surface area (Å²) in [6.07, 6.45) is 1.56. The average molecular weight is 246 g/mol. The highest BCUT2D eigenvalue weighted by molar-refractivity contribution is 6.49. The molecule has 86 valence electrons. The second kappa shape index (κ2) is 5.07. The number of para-hydroxylation sites is 1. The molecule has 1 aromatic heterocycles. The van der Waals surface area contributed by atoms with Crippen molar-refractivity contribution < 1.29 is 4.42 Å². The summed E-state index contributed by atoms with van der Waals surface area (Å²) in [4.78, 5) is 0. The van der Waals surface area contributed by atoms with Gasteiger partial charge in [-0.05, 0) is 18.6 Å². The number of nitrogens with zero attached hydrogens (tertiary/aromatic N) is 1. The molecule has 17 heavy (non-hydrogen) atoms. The van der Waals surface area contributed by atoms with E-state index >= 15 is 0 Å². The number of halogens is 1. The summed E-state index contributed by atoms with van der Waals surface area (Å²) in [5, 5.41) is 10.4. The van der Waals surface area contributed by atoms with Crippen LogP contribution in [0.25, 0.3) is 16.0 Å². The van der Waals surface area contributed by atoms with Crippen molar-refractivity contribution in [1.82, 2.24) is 0 Å². The average Bonchev–Trinajstić information content (AvgIpc) is 2.78. The van der Waals surface area contributed by atoms with E-state index in [2.05, 4.69) is 6.07 Å². The Labute approximate surface area is 105 Å². The molecule has 0 aliphatic heterocycles. The fraction of sp³-hybridized carbons (Fsp3) is 0.214. The van der Waals surface area contributed by atoms with E-state index in [0.29, 0.717) is 22.8 Å². The molecular weight excluding hydrogens is 234 g/mol. The molecule has 0 atom stereocenters. The summed E-state index contributed by atoms with van der Waals surface area (Å²) in [7, 11) is 0. The van der Waals surface area contributed by atoms with Gasteiger partial charge in [-0.15, -0.1) is 0 Å². The van der Waals surface area contributed by atoms with Gasteiger partial charge in [-0.3, -0.25) is 0 Å². The minimum Gasteiger partial charge on any atom is -0.455 e. The highest BCUT2D eigenvalue weighted by Crippen LogP contribution is 2.30. The Hall–Kier alpha value is -1.72. The van der Waals surface area contributed by atoms with Gasteiger partial charge in [0.2, 0.25) is 0 Å². The lowest BCUT2D eigenvalue weighted by Gasteiger charge is -1.98. The van der Waals surface area contributed by atoms with Gasteiger partial charge in [0.05, 0.1) is 16.7 Å². The summed E-state index contributed by atoms with van der Waals surface area (Å²) in [5.41, 5.74) is 1.36. The molecule has 0 bridgehead atoms. The molecule has 0 saturated heterocycles. The van der Waals surface area contributed by atoms with Crippen molar-refractivity contribution in [2.45, 2.75) is 19.8 Å². The summed E-state index contributed by atoms with van der Waals surface area (Å²) in [6, 6.07) is 11.7. The predicted molar refractivity (Wildman–Crippen MR) is 69.5 cm³/mol. The second-order valence-corrected chi connectivity index (χ2v) is 4.18. The van der Waals surface area contributed by atoms with E-state index in [4.69, 9.17) is 21.3 Å². The van der Waals surface area contributed by atoms with Gasteiger partial charge in [0, 0.05) is 5.39 Å². The van der Waals surface area contributed by atoms with E-state index < -0.39 is 0 Å². The van der Waals surface area contributed by atoms with E-state index in [9.17, 15) is 0 Å². The number of hydrogen-bond acceptors (Lipinski definition) is 2. The fourth-order valence-corrected chi connectivity index (χ4v) is 1.93. The molecule has 0 radical (unpaired) electrons. The van der Waals surface area contributed by atoms with Gasteiger partial charge in [0.15, 0.2) is 0 Å². The molecular formula is C14H12ClNO. The van der Waals surface area contributed by atoms with Crippen LogP contribution < -0.4 is 0 Å². The zero-order valence-corrected chi connectivity index (χ0v) is 10.3. The number of rotatable bonds is 3. The third kappa shape index (κ3) is 2.35. The van der Waals surface area contributed by atoms with E-state index in [1.807, 2.05) is 37.3 Å². The summed E-state index contributed by atoms with van der Waals surface area (Å²) in [5.74, 6) is 0.567. The second-order valence-electron chi connectivity index (χ2n) is 3.80. The molecule has 0 saturated carbocycles. The first kappa shape index (κ1) is 11.8. The molecule has 1 heterocycles. The van der Waals surface area contributed by atoms with Crippen molar-refractivity contribution in [2.75, 3.05) is 0 Å². The lowest BCUT2D eigenvalue weighted by Crippen LogP contribution is -1.82. The molecule has 0 fully saturated rings. The Morgan fingerprint density at radius 3 is 2.82 bits per heavy atom. The van der Waals surface area contributed by atoms with Crippen LogP contribution in [0.1, 0.15) is 25.5 Å². The Kier molecular flexibility index (Phi) is 3.51. The van der Waals surface area contributed by atoms with Crippen LogP contribution in [0, 0.1) is 11.3 Å². The molecule has 0 amide bonds. The van der Waals surface area contributed by atoms with Crippen LogP contribution in [0.4, 0.5) is 0 Å². The van der Waals surface area contributed by atoms with Crippen LogP contribution in [-0.4, -0.2) is 0 Å². The molecule has 3 heteroatoms. The molecule has 0 aliphatic carbocycles. The summed E-state index contributed by atoms with van der Waals surface area (Å²) < 4.78 is 5.62. The lowest BCUT2D eigenvalue weighted by atomic mass is 10.1. The molecule has 2 aromatic rings. The number of hydrogen-bond donors (Lipinski definition) is 0. The quantitative estimate of drug-likeness (QED) is 0.735. The normalized spacial score (nSPS) is 12.3. The fourth-order valence-electron chi connectivity index (χ4n) is 1.70. The van der Waals surface area contributed by atoms with Crippen LogP contribution >= 0.6 is 11.6 Å². The molecule has 0 aliphatic rings. The zero-order valence-electron chi connectivity index (χ0n) is 9.53. The van der Waals surface area contributed by atoms with Crippen molar-refractivity contribution in [1.29, 1.82) is 5.26 Å². The van der Waals surface area contributed by atoms with Crippen LogP contribution in [0.2, 0.25) is 0 Å². The minimum absolute atomic E-state index is 0.422. The third-order valence-corrected chi connectivity index (χ3v) is 2.96. The number of fused-ring (bicyclic) bond motifs is 1. The van der Waals surface area contributed by atoms with Crippen molar-refractivity contribution in [3.05, 3.63) is 41.7 Å². The molecule has 0 spiro atoms. The van der Waals surface area contributed by atoms with Crippen molar-refractivity contribution in [2.24, 2.45) is 0 Å². The molecule has 0 unspecified atom stereocenters. The van der Waals surface area contributed by atoms with Crippen LogP contribution in [0.3, 0.4) is 0 Å². The number of allylic oxidation sites excluding steroid dienone is 1. The van der Waals surface area contributed by atoms with Gasteiger partial charge in [0.1, 0.15) is 11.3 Å². The van der Waals surface area contributed by atoms with Crippen LogP contribution in [-0.2, 0) is 0 Å². The Balaban J connectivity index is 2.49. The lowest BCUT2D eigenvalue weighted by molar-refractivity contribution is 0.602. The maximum Gasteiger partial charge on any atom is 0.147 e. The standard InChI is InChI=1S/C14H12ClNO/c1-2-5-11(9-16)14(15)13-8-10-6-3-4-7-12(10)17-13/h3-4,6-8H,2,5H2,1H3. The minimum atomic E-state index is 0.422. The number of nitriles is 1. The summed E-state index contributed by atoms with van der Waals surface area (Å²) in [6.45, 7) is 2.01. The Bertz CT molecular complexity index is 571. The van der Waals surface area contributed by atoms with Gasteiger partial charge in [-0.1, -0.05) is 43.1 Å². The van der Waals surface area contributed by atoms with Gasteiger partial charge in [0.25, 0.3) is 0 Å². The molecule has 2 nitrogen and oxygen atoms in total. The maximum absolute atomic E-state index is 9.03. The third-order valence-electron chi connectivity index (χ3n) is 2.54. The van der Waals surface area contributed by atoms with Crippen LogP contribution in [0.15, 0.2) is 40.3 Å². The van der Waals surface area contributed by atoms with Crippen LogP contribution in [0.5, 0.6) is 0 Å². The molecule has 0 N–H and O–H groups in total. The first-order valence-corrected chi connectivity index (χ1v) is 5.91. The SMILES string of the molecule is CCCC(C#N)=C(Cl)c1cc2ccccc2o1. The topological polar surface area (TPSA) is 36.9 Å². The van der Waals surface area contributed by atoms with Gasteiger partial charge in [-0.25, -0.2) is 0 Å². The first-order valence-electron chi connectivity index (χ1n) is 5.54. The highest BCUT2D eigenvalue weighted by atomic mass is 35.5. The smallest absolute Gasteiger partial charge is 0.147 e. The number of furan rings is 1. The largest absolute Gasteiger partial charge is 0.455 e. The van der Waals surface area contributed by atoms with Gasteiger partial charge < -0.3 is 4.42 Å². The van der Waals surface area contributed by atoms with E-state index in [-0.39, 0.29) is 0 Å². The molecule has 1 aromatic carbocycles. The van der Waals surface area contributed by atoms with Crippen molar-refractivity contribution in [3.63, 3.8) is 0 Å². The molecule has 2 rings (SSSR count). The first-order chi connectivity index (χ1) is 8.26. The zero-order chi connectivity index (χ0) is 12.3. The van der Waals surface area contributed by atoms with Crippen molar-refractivity contribution >= 4 is 27.6 Å². The highest BCUT2D eigenvalue weighted by Gasteiger charge is 2.11. The van der Waals surface area contributed by atoms with Crippen molar-refractivity contribution in [3.8, 4) is 6.07 Å². The Morgan fingerprint density at radius 1 is 1.41 bits per heavy atom. The van der Waals surface area contributed by atoms with E-state index in [0.717, 1.165) is 17.4 Å². The Morgan fingerprint density at radius 2 is 2.18 bits per heavy atom. The predicted octanol–water partition coefficient (Wildman–Crippen LogP) is 4.71. The summed E-state index contributed by atoms with van der Waals surface area (Å²) >= 11 is 6.19. The van der Waals surface area contributed by atoms with Gasteiger partial charge in [-0.2, -0.15) is 5.26 Å². The van der Waals surface area contributed by atoms with Gasteiger partial charge >= 0.3 is 0 Å². The maximum atomic E-state index is 9.03. The van der Waals surface area contributed by atoms with E-state index in [1.54, 1.807) is 0 Å². The van der Waals surface area contributed by atoms with E-state index in [1.165, 1.54) is 0 Å².